The topological polar surface area (TPSA) is 128 Å². The summed E-state index contributed by atoms with van der Waals surface area (Å²) in [6, 6.07) is 3.02. The minimum absolute atomic E-state index is 0.181. The summed E-state index contributed by atoms with van der Waals surface area (Å²) >= 11 is 3.40. The number of halogens is 1. The van der Waals surface area contributed by atoms with Crippen molar-refractivity contribution in [2.75, 3.05) is 48.3 Å². The molecule has 1 spiro atoms. The van der Waals surface area contributed by atoms with Crippen LogP contribution in [0.4, 0.5) is 21.3 Å². The van der Waals surface area contributed by atoms with Crippen LogP contribution in [0, 0.1) is 11.3 Å². The van der Waals surface area contributed by atoms with Crippen LogP contribution < -0.4 is 20.3 Å². The summed E-state index contributed by atoms with van der Waals surface area (Å²) in [5.74, 6) is 2.04. The van der Waals surface area contributed by atoms with Gasteiger partial charge in [-0.3, -0.25) is 4.90 Å². The zero-order valence-corrected chi connectivity index (χ0v) is 23.9. The van der Waals surface area contributed by atoms with E-state index in [9.17, 15) is 14.8 Å². The fraction of sp³-hybridized carbons (Fsp3) is 0.704. The number of rotatable bonds is 5. The van der Waals surface area contributed by atoms with Crippen molar-refractivity contribution >= 4 is 40.0 Å². The molecular weight excluding hydrogens is 551 g/mol. The van der Waals surface area contributed by atoms with Crippen LogP contribution in [0.1, 0.15) is 60.9 Å². The van der Waals surface area contributed by atoms with E-state index in [4.69, 9.17) is 25.4 Å². The maximum absolute atomic E-state index is 14.4. The highest BCUT2D eigenvalue weighted by Crippen LogP contribution is 2.58. The van der Waals surface area contributed by atoms with Crippen LogP contribution in [-0.4, -0.2) is 87.6 Å². The molecule has 0 radical (unpaired) electrons. The fourth-order valence-electron chi connectivity index (χ4n) is 8.21. The summed E-state index contributed by atoms with van der Waals surface area (Å²) in [6.45, 7) is 3.12. The molecule has 8 rings (SSSR count). The van der Waals surface area contributed by atoms with Crippen LogP contribution in [0.3, 0.4) is 0 Å². The third-order valence-corrected chi connectivity index (χ3v) is 12.6. The number of aromatic nitrogens is 3. The molecule has 10 nitrogen and oxygen atoms in total. The Morgan fingerprint density at radius 1 is 1.18 bits per heavy atom. The molecule has 0 aliphatic carbocycles. The second-order valence-electron chi connectivity index (χ2n) is 12.4. The first-order chi connectivity index (χ1) is 19.4. The summed E-state index contributed by atoms with van der Waals surface area (Å²) < 4.78 is 20.5. The molecule has 5 saturated heterocycles. The van der Waals surface area contributed by atoms with Gasteiger partial charge >= 0.3 is 6.01 Å². The number of ether oxygens (including phenoxy) is 1. The van der Waals surface area contributed by atoms with E-state index in [2.05, 4.69) is 20.8 Å². The third kappa shape index (κ3) is 3.75. The number of hydrogen-bond donors (Lipinski definition) is 2. The Hall–Kier alpha value is -2.40. The molecular formula is C27H33FN8O2S2. The van der Waals surface area contributed by atoms with Crippen molar-refractivity contribution in [2.24, 2.45) is 0 Å². The molecule has 6 aliphatic rings. The first-order valence-electron chi connectivity index (χ1n) is 14.3. The van der Waals surface area contributed by atoms with E-state index in [0.29, 0.717) is 68.0 Å². The number of nitriles is 1. The zero-order valence-electron chi connectivity index (χ0n) is 22.3. The Bertz CT molecular complexity index is 1380. The molecule has 5 fully saturated rings. The SMILES string of the molecule is N#Cc1c(N)sc2c1C1(CN(c3nc(OC[C@@]45CCCN4C[C@H](F)C5)nc(N4C5CC[C@H]4CC(O)C5)n3)C1)SC2. The summed E-state index contributed by atoms with van der Waals surface area (Å²) in [7, 11) is 0. The average molecular weight is 585 g/mol. The minimum atomic E-state index is -0.820. The molecule has 2 bridgehead atoms. The number of nitrogens with two attached hydrogens (primary N) is 1. The second kappa shape index (κ2) is 9.05. The number of thioether (sulfide) groups is 1. The molecule has 2 aromatic heterocycles. The monoisotopic (exact) mass is 584 g/mol. The molecule has 13 heteroatoms. The van der Waals surface area contributed by atoms with E-state index in [-0.39, 0.29) is 34.5 Å². The molecule has 8 heterocycles. The fourth-order valence-corrected chi connectivity index (χ4v) is 11.0. The molecule has 0 aromatic carbocycles. The number of fused-ring (bicyclic) bond motifs is 5. The third-order valence-electron chi connectivity index (χ3n) is 9.99. The Morgan fingerprint density at radius 3 is 2.73 bits per heavy atom. The van der Waals surface area contributed by atoms with Gasteiger partial charge in [-0.25, -0.2) is 4.39 Å². The average Bonchev–Trinajstić information content (AvgIpc) is 3.67. The van der Waals surface area contributed by atoms with Crippen LogP contribution in [0.15, 0.2) is 0 Å². The quantitative estimate of drug-likeness (QED) is 0.539. The van der Waals surface area contributed by atoms with Gasteiger partial charge in [0.15, 0.2) is 0 Å². The van der Waals surface area contributed by atoms with Gasteiger partial charge in [0, 0.05) is 54.3 Å². The first-order valence-corrected chi connectivity index (χ1v) is 16.1. The van der Waals surface area contributed by atoms with Gasteiger partial charge in [-0.2, -0.15) is 20.2 Å². The number of aliphatic hydroxyl groups is 1. The van der Waals surface area contributed by atoms with Gasteiger partial charge in [-0.05, 0) is 45.1 Å². The van der Waals surface area contributed by atoms with Gasteiger partial charge < -0.3 is 25.4 Å². The summed E-state index contributed by atoms with van der Waals surface area (Å²) in [6.07, 6.45) is 4.81. The highest BCUT2D eigenvalue weighted by molar-refractivity contribution is 8.00. The van der Waals surface area contributed by atoms with Gasteiger partial charge in [0.25, 0.3) is 0 Å². The molecule has 40 heavy (non-hydrogen) atoms. The number of anilines is 3. The lowest BCUT2D eigenvalue weighted by molar-refractivity contribution is 0.107. The van der Waals surface area contributed by atoms with E-state index in [1.165, 1.54) is 16.2 Å². The summed E-state index contributed by atoms with van der Waals surface area (Å²) in [5, 5.41) is 20.8. The highest BCUT2D eigenvalue weighted by atomic mass is 32.2. The summed E-state index contributed by atoms with van der Waals surface area (Å²) in [5.41, 5.74) is 7.60. The molecule has 6 aliphatic heterocycles. The number of nitrogens with zero attached hydrogens (tertiary/aromatic N) is 7. The predicted molar refractivity (Wildman–Crippen MR) is 152 cm³/mol. The standard InChI is InChI=1S/C27H33FN8O2S2/c28-15-8-26(4-1-5-35(26)10-15)14-38-25-32-23(31-24(33-25)36-16-2-3-17(36)7-18(37)6-16)34-12-27(13-34)21-19(9-29)22(30)40-20(21)11-39-27/h15-18,37H,1-8,10-14,30H2/t15-,16+,17?,18?,26+/m1/s1. The lowest BCUT2D eigenvalue weighted by Crippen LogP contribution is -2.57. The van der Waals surface area contributed by atoms with Crippen LogP contribution >= 0.6 is 23.1 Å². The van der Waals surface area contributed by atoms with Crippen molar-refractivity contribution in [3.8, 4) is 12.1 Å². The molecule has 3 N–H and O–H groups in total. The van der Waals surface area contributed by atoms with E-state index in [1.807, 2.05) is 11.8 Å². The number of alkyl halides is 1. The molecule has 0 amide bonds. The van der Waals surface area contributed by atoms with Gasteiger partial charge in [0.2, 0.25) is 11.9 Å². The number of thiophene rings is 1. The Labute approximate surface area is 240 Å². The normalized spacial score (nSPS) is 33.7. The molecule has 2 aromatic rings. The lowest BCUT2D eigenvalue weighted by Gasteiger charge is -2.48. The van der Waals surface area contributed by atoms with Crippen LogP contribution in [0.25, 0.3) is 0 Å². The zero-order chi connectivity index (χ0) is 27.2. The van der Waals surface area contributed by atoms with Crippen LogP contribution in [0.5, 0.6) is 6.01 Å². The van der Waals surface area contributed by atoms with Gasteiger partial charge in [-0.1, -0.05) is 0 Å². The Morgan fingerprint density at radius 2 is 1.95 bits per heavy atom. The number of hydrogen-bond acceptors (Lipinski definition) is 12. The lowest BCUT2D eigenvalue weighted by atomic mass is 9.88. The smallest absolute Gasteiger partial charge is 0.323 e. The van der Waals surface area contributed by atoms with Gasteiger partial charge in [0.1, 0.15) is 23.8 Å². The van der Waals surface area contributed by atoms with Crippen molar-refractivity contribution in [1.82, 2.24) is 19.9 Å². The van der Waals surface area contributed by atoms with Crippen molar-refractivity contribution < 1.29 is 14.2 Å². The van der Waals surface area contributed by atoms with Crippen LogP contribution in [0.2, 0.25) is 0 Å². The van der Waals surface area contributed by atoms with E-state index < -0.39 is 6.17 Å². The number of aliphatic hydroxyl groups excluding tert-OH is 1. The molecule has 212 valence electrons. The predicted octanol–water partition coefficient (Wildman–Crippen LogP) is 2.80. The molecule has 2 unspecified atom stereocenters. The first kappa shape index (κ1) is 25.3. The van der Waals surface area contributed by atoms with E-state index in [1.54, 1.807) is 0 Å². The maximum Gasteiger partial charge on any atom is 0.323 e. The molecule has 5 atom stereocenters. The molecule has 0 saturated carbocycles. The van der Waals surface area contributed by atoms with E-state index >= 15 is 0 Å². The maximum atomic E-state index is 14.4. The van der Waals surface area contributed by atoms with Crippen LogP contribution in [-0.2, 0) is 10.5 Å². The summed E-state index contributed by atoms with van der Waals surface area (Å²) in [4.78, 5) is 22.4. The van der Waals surface area contributed by atoms with Gasteiger partial charge in [0.05, 0.1) is 22.0 Å². The highest BCUT2D eigenvalue weighted by Gasteiger charge is 2.54. The number of piperidine rings is 1. The van der Waals surface area contributed by atoms with Crippen molar-refractivity contribution in [1.29, 1.82) is 5.26 Å². The second-order valence-corrected chi connectivity index (χ2v) is 14.9. The van der Waals surface area contributed by atoms with Crippen molar-refractivity contribution in [2.45, 2.75) is 85.3 Å². The largest absolute Gasteiger partial charge is 0.461 e. The van der Waals surface area contributed by atoms with Gasteiger partial charge in [-0.15, -0.1) is 23.1 Å². The van der Waals surface area contributed by atoms with Crippen molar-refractivity contribution in [3.63, 3.8) is 0 Å². The Kier molecular flexibility index (Phi) is 5.73. The Balaban J connectivity index is 1.10. The van der Waals surface area contributed by atoms with E-state index in [0.717, 1.165) is 43.5 Å². The minimum Gasteiger partial charge on any atom is -0.461 e. The van der Waals surface area contributed by atoms with Crippen molar-refractivity contribution in [3.05, 3.63) is 16.0 Å². The number of nitrogen functional groups attached to an aromatic ring is 1.